The van der Waals surface area contributed by atoms with E-state index in [9.17, 15) is 0 Å². The Labute approximate surface area is 273 Å². The van der Waals surface area contributed by atoms with Gasteiger partial charge in [-0.3, -0.25) is 4.57 Å². The molecule has 0 bridgehead atoms. The lowest BCUT2D eigenvalue weighted by molar-refractivity contribution is 0.474. The summed E-state index contributed by atoms with van der Waals surface area (Å²) in [5.74, 6) is 2.75. The van der Waals surface area contributed by atoms with Gasteiger partial charge in [0.05, 0.1) is 11.2 Å². The monoisotopic (exact) mass is 604 g/mol. The number of para-hydroxylation sites is 1. The van der Waals surface area contributed by atoms with Gasteiger partial charge in [0.2, 0.25) is 0 Å². The van der Waals surface area contributed by atoms with E-state index in [-0.39, 0.29) is 5.41 Å². The fraction of sp³-hybridized carbons (Fsp3) is 0.114. The largest absolute Gasteiger partial charge is 0.453 e. The number of aryl methyl sites for hydroxylation is 1. The van der Waals surface area contributed by atoms with Crippen molar-refractivity contribution in [2.75, 3.05) is 0 Å². The summed E-state index contributed by atoms with van der Waals surface area (Å²) >= 11 is 0. The van der Waals surface area contributed by atoms with E-state index < -0.39 is 0 Å². The summed E-state index contributed by atoms with van der Waals surface area (Å²) in [4.78, 5) is 4.93. The molecule has 10 rings (SSSR count). The Kier molecular flexibility index (Phi) is 5.33. The molecule has 1 aliphatic heterocycles. The lowest BCUT2D eigenvalue weighted by Gasteiger charge is -2.24. The minimum Gasteiger partial charge on any atom is -0.453 e. The smallest absolute Gasteiger partial charge is 0.153 e. The van der Waals surface area contributed by atoms with E-state index in [4.69, 9.17) is 9.72 Å². The Morgan fingerprint density at radius 1 is 0.596 bits per heavy atom. The van der Waals surface area contributed by atoms with Gasteiger partial charge in [-0.2, -0.15) is 0 Å². The van der Waals surface area contributed by atoms with Crippen molar-refractivity contribution >= 4 is 32.6 Å². The maximum absolute atomic E-state index is 6.61. The van der Waals surface area contributed by atoms with Crippen molar-refractivity contribution in [3.63, 3.8) is 0 Å². The van der Waals surface area contributed by atoms with Crippen molar-refractivity contribution in [3.05, 3.63) is 144 Å². The number of rotatable bonds is 3. The Balaban J connectivity index is 1.21. The van der Waals surface area contributed by atoms with E-state index in [0.717, 1.165) is 46.0 Å². The maximum Gasteiger partial charge on any atom is 0.153 e. The number of benzene rings is 7. The van der Waals surface area contributed by atoms with Crippen molar-refractivity contribution in [2.24, 2.45) is 0 Å². The SMILES string of the molecule is CCc1nc2cccc3c2n1-c1ccc(-c2c4ccccc4c(-c4ccc5c(c4)C(C)(C)c4ccccc4-5)c4ccccc24)cc1O3. The van der Waals surface area contributed by atoms with Gasteiger partial charge in [0, 0.05) is 11.8 Å². The standard InChI is InChI=1S/C44H32N2O/c1-4-40-45-36-18-11-19-38-43(36)46(40)37-23-21-27(25-39(37)47-38)42-32-15-7-5-13-30(32)41(31-14-6-8-16-33(31)42)26-20-22-29-28-12-9-10-17-34(28)44(2,3)35(29)24-26/h5-25H,4H2,1-3H3. The average Bonchev–Trinajstić information content (AvgIpc) is 3.60. The zero-order valence-corrected chi connectivity index (χ0v) is 26.6. The number of aromatic nitrogens is 2. The number of hydrogen-bond acceptors (Lipinski definition) is 2. The average molecular weight is 605 g/mol. The normalized spacial score (nSPS) is 13.9. The second-order valence-corrected chi connectivity index (χ2v) is 13.4. The zero-order valence-electron chi connectivity index (χ0n) is 26.6. The summed E-state index contributed by atoms with van der Waals surface area (Å²) in [5, 5.41) is 4.98. The van der Waals surface area contributed by atoms with Crippen LogP contribution in [-0.4, -0.2) is 9.55 Å². The maximum atomic E-state index is 6.61. The molecule has 2 aliphatic rings. The van der Waals surface area contributed by atoms with Crippen LogP contribution in [0.1, 0.15) is 37.7 Å². The minimum absolute atomic E-state index is 0.0618. The summed E-state index contributed by atoms with van der Waals surface area (Å²) in [7, 11) is 0. The van der Waals surface area contributed by atoms with Crippen LogP contribution in [0.2, 0.25) is 0 Å². The molecule has 224 valence electrons. The van der Waals surface area contributed by atoms with Crippen LogP contribution in [0.3, 0.4) is 0 Å². The lowest BCUT2D eigenvalue weighted by Crippen LogP contribution is -2.14. The van der Waals surface area contributed by atoms with E-state index in [2.05, 4.69) is 141 Å². The van der Waals surface area contributed by atoms with Crippen LogP contribution in [0, 0.1) is 0 Å². The highest BCUT2D eigenvalue weighted by atomic mass is 16.5. The molecule has 2 heterocycles. The van der Waals surface area contributed by atoms with Gasteiger partial charge in [-0.25, -0.2) is 4.98 Å². The molecule has 0 amide bonds. The van der Waals surface area contributed by atoms with Crippen molar-refractivity contribution in [1.29, 1.82) is 0 Å². The molecule has 0 N–H and O–H groups in total. The number of fused-ring (bicyclic) bond motifs is 7. The number of imidazole rings is 1. The van der Waals surface area contributed by atoms with Crippen LogP contribution in [0.4, 0.5) is 0 Å². The van der Waals surface area contributed by atoms with Gasteiger partial charge in [-0.05, 0) is 96.4 Å². The quantitative estimate of drug-likeness (QED) is 0.188. The highest BCUT2D eigenvalue weighted by molar-refractivity contribution is 6.21. The first-order valence-electron chi connectivity index (χ1n) is 16.5. The predicted molar refractivity (Wildman–Crippen MR) is 194 cm³/mol. The molecule has 8 aromatic rings. The molecule has 47 heavy (non-hydrogen) atoms. The van der Waals surface area contributed by atoms with Crippen molar-refractivity contribution < 1.29 is 4.74 Å². The first kappa shape index (κ1) is 26.5. The predicted octanol–water partition coefficient (Wildman–Crippen LogP) is 11.6. The Bertz CT molecular complexity index is 2570. The lowest BCUT2D eigenvalue weighted by atomic mass is 9.80. The first-order chi connectivity index (χ1) is 23.0. The third-order valence-corrected chi connectivity index (χ3v) is 10.5. The molecule has 0 saturated carbocycles. The Morgan fingerprint density at radius 2 is 1.21 bits per heavy atom. The Hall–Kier alpha value is -5.67. The van der Waals surface area contributed by atoms with E-state index in [0.29, 0.717) is 0 Å². The molecule has 3 heteroatoms. The zero-order chi connectivity index (χ0) is 31.4. The fourth-order valence-electron chi connectivity index (χ4n) is 8.39. The van der Waals surface area contributed by atoms with E-state index >= 15 is 0 Å². The molecule has 0 unspecified atom stereocenters. The van der Waals surface area contributed by atoms with E-state index in [1.54, 1.807) is 0 Å². The molecule has 0 atom stereocenters. The molecule has 0 saturated heterocycles. The molecule has 3 nitrogen and oxygen atoms in total. The van der Waals surface area contributed by atoms with Crippen LogP contribution < -0.4 is 4.74 Å². The van der Waals surface area contributed by atoms with Gasteiger partial charge >= 0.3 is 0 Å². The molecular formula is C44H32N2O. The molecular weight excluding hydrogens is 572 g/mol. The molecule has 1 aromatic heterocycles. The fourth-order valence-corrected chi connectivity index (χ4v) is 8.39. The van der Waals surface area contributed by atoms with Gasteiger partial charge in [0.25, 0.3) is 0 Å². The van der Waals surface area contributed by atoms with E-state index in [1.165, 1.54) is 60.5 Å². The third-order valence-electron chi connectivity index (χ3n) is 10.5. The molecule has 0 radical (unpaired) electrons. The van der Waals surface area contributed by atoms with Crippen LogP contribution >= 0.6 is 0 Å². The summed E-state index contributed by atoms with van der Waals surface area (Å²) in [6.45, 7) is 6.87. The Morgan fingerprint density at radius 3 is 1.91 bits per heavy atom. The molecule has 0 spiro atoms. The summed E-state index contributed by atoms with van der Waals surface area (Å²) < 4.78 is 8.89. The summed E-state index contributed by atoms with van der Waals surface area (Å²) in [6.07, 6.45) is 0.845. The van der Waals surface area contributed by atoms with Gasteiger partial charge in [0.1, 0.15) is 11.3 Å². The molecule has 1 aliphatic carbocycles. The van der Waals surface area contributed by atoms with Crippen LogP contribution in [0.25, 0.3) is 71.6 Å². The van der Waals surface area contributed by atoms with Crippen molar-refractivity contribution in [1.82, 2.24) is 9.55 Å². The number of nitrogens with zero attached hydrogens (tertiary/aromatic N) is 2. The highest BCUT2D eigenvalue weighted by Crippen LogP contribution is 2.52. The van der Waals surface area contributed by atoms with Crippen LogP contribution in [0.5, 0.6) is 11.5 Å². The molecule has 7 aromatic carbocycles. The first-order valence-corrected chi connectivity index (χ1v) is 16.5. The van der Waals surface area contributed by atoms with Gasteiger partial charge < -0.3 is 4.74 Å². The van der Waals surface area contributed by atoms with Gasteiger partial charge in [-0.1, -0.05) is 118 Å². The molecule has 0 fully saturated rings. The van der Waals surface area contributed by atoms with Crippen LogP contribution in [0.15, 0.2) is 127 Å². The number of hydrogen-bond donors (Lipinski definition) is 0. The van der Waals surface area contributed by atoms with Gasteiger partial charge in [0.15, 0.2) is 11.5 Å². The summed E-state index contributed by atoms with van der Waals surface area (Å²) in [6, 6.07) is 46.6. The number of ether oxygens (including phenoxy) is 1. The second-order valence-electron chi connectivity index (χ2n) is 13.4. The van der Waals surface area contributed by atoms with E-state index in [1.807, 2.05) is 12.1 Å². The minimum atomic E-state index is -0.0618. The van der Waals surface area contributed by atoms with Crippen LogP contribution in [-0.2, 0) is 11.8 Å². The highest BCUT2D eigenvalue weighted by Gasteiger charge is 2.35. The summed E-state index contributed by atoms with van der Waals surface area (Å²) in [5.41, 5.74) is 13.4. The third kappa shape index (κ3) is 3.54. The van der Waals surface area contributed by atoms with Crippen molar-refractivity contribution in [2.45, 2.75) is 32.6 Å². The van der Waals surface area contributed by atoms with Gasteiger partial charge in [-0.15, -0.1) is 0 Å². The second kappa shape index (κ2) is 9.43. The van der Waals surface area contributed by atoms with Crippen molar-refractivity contribution in [3.8, 4) is 50.6 Å². The topological polar surface area (TPSA) is 27.1 Å².